The van der Waals surface area contributed by atoms with Crippen LogP contribution in [0.4, 0.5) is 0 Å². The Balaban J connectivity index is 1.54. The lowest BCUT2D eigenvalue weighted by Crippen LogP contribution is -2.45. The van der Waals surface area contributed by atoms with E-state index in [0.717, 1.165) is 19.1 Å². The standard InChI is InChI=1S/C13H21N3O/c1-2-6-16(9-11-7-15-17-10-11)13(3-1)8-14-12-4-5-12/h7,10,12-14H,1-6,8-9H2. The highest BCUT2D eigenvalue weighted by Gasteiger charge is 2.26. The van der Waals surface area contributed by atoms with Crippen LogP contribution in [0.3, 0.4) is 0 Å². The summed E-state index contributed by atoms with van der Waals surface area (Å²) in [4.78, 5) is 2.57. The molecule has 2 aliphatic rings. The highest BCUT2D eigenvalue weighted by Crippen LogP contribution is 2.22. The van der Waals surface area contributed by atoms with Crippen LogP contribution in [0.25, 0.3) is 0 Å². The minimum Gasteiger partial charge on any atom is -0.364 e. The summed E-state index contributed by atoms with van der Waals surface area (Å²) >= 11 is 0. The van der Waals surface area contributed by atoms with Crippen molar-refractivity contribution in [3.05, 3.63) is 18.0 Å². The molecular weight excluding hydrogens is 214 g/mol. The molecule has 4 heteroatoms. The fourth-order valence-electron chi connectivity index (χ4n) is 2.63. The molecule has 0 spiro atoms. The first-order valence-corrected chi connectivity index (χ1v) is 6.77. The van der Waals surface area contributed by atoms with Crippen LogP contribution in [0.2, 0.25) is 0 Å². The lowest BCUT2D eigenvalue weighted by Gasteiger charge is -2.35. The van der Waals surface area contributed by atoms with E-state index in [-0.39, 0.29) is 0 Å². The van der Waals surface area contributed by atoms with E-state index in [4.69, 9.17) is 4.52 Å². The molecule has 0 amide bonds. The molecule has 1 aliphatic carbocycles. The van der Waals surface area contributed by atoms with Gasteiger partial charge in [0.25, 0.3) is 0 Å². The van der Waals surface area contributed by atoms with Crippen molar-refractivity contribution in [1.82, 2.24) is 15.4 Å². The maximum Gasteiger partial charge on any atom is 0.128 e. The Morgan fingerprint density at radius 1 is 1.35 bits per heavy atom. The quantitative estimate of drug-likeness (QED) is 0.844. The lowest BCUT2D eigenvalue weighted by atomic mass is 10.0. The maximum atomic E-state index is 4.91. The van der Waals surface area contributed by atoms with Crippen molar-refractivity contribution < 1.29 is 4.52 Å². The van der Waals surface area contributed by atoms with Gasteiger partial charge in [-0.2, -0.15) is 0 Å². The monoisotopic (exact) mass is 235 g/mol. The Hall–Kier alpha value is -0.870. The second-order valence-corrected chi connectivity index (χ2v) is 5.34. The molecule has 4 nitrogen and oxygen atoms in total. The average Bonchev–Trinajstić information content (AvgIpc) is 3.05. The first-order chi connectivity index (χ1) is 8.42. The summed E-state index contributed by atoms with van der Waals surface area (Å²) in [5.41, 5.74) is 1.20. The first kappa shape index (κ1) is 11.2. The van der Waals surface area contributed by atoms with Gasteiger partial charge in [-0.25, -0.2) is 0 Å². The number of piperidine rings is 1. The van der Waals surface area contributed by atoms with Gasteiger partial charge in [0, 0.05) is 30.7 Å². The van der Waals surface area contributed by atoms with Gasteiger partial charge in [0.05, 0.1) is 6.20 Å². The molecule has 3 rings (SSSR count). The van der Waals surface area contributed by atoms with Gasteiger partial charge < -0.3 is 9.84 Å². The number of aromatic nitrogens is 1. The Morgan fingerprint density at radius 3 is 3.06 bits per heavy atom. The second kappa shape index (κ2) is 5.19. The summed E-state index contributed by atoms with van der Waals surface area (Å²) in [7, 11) is 0. The molecule has 1 atom stereocenters. The van der Waals surface area contributed by atoms with Gasteiger partial charge in [-0.3, -0.25) is 4.90 Å². The molecule has 1 saturated carbocycles. The van der Waals surface area contributed by atoms with E-state index >= 15 is 0 Å². The SMILES string of the molecule is c1nocc1CN1CCCCC1CNC1CC1. The zero-order valence-corrected chi connectivity index (χ0v) is 10.3. The summed E-state index contributed by atoms with van der Waals surface area (Å²) in [6.07, 6.45) is 10.4. The van der Waals surface area contributed by atoms with Gasteiger partial charge in [0.2, 0.25) is 0 Å². The molecular formula is C13H21N3O. The lowest BCUT2D eigenvalue weighted by molar-refractivity contribution is 0.137. The summed E-state index contributed by atoms with van der Waals surface area (Å²) in [5.74, 6) is 0. The minimum atomic E-state index is 0.694. The van der Waals surface area contributed by atoms with Crippen LogP contribution < -0.4 is 5.32 Å². The van der Waals surface area contributed by atoms with E-state index in [1.165, 1.54) is 44.2 Å². The Bertz CT molecular complexity index is 334. The molecule has 17 heavy (non-hydrogen) atoms. The van der Waals surface area contributed by atoms with E-state index in [2.05, 4.69) is 15.4 Å². The van der Waals surface area contributed by atoms with Crippen molar-refractivity contribution in [1.29, 1.82) is 0 Å². The van der Waals surface area contributed by atoms with Crippen LogP contribution in [0.1, 0.15) is 37.7 Å². The molecule has 0 radical (unpaired) electrons. The Labute approximate surface area is 102 Å². The van der Waals surface area contributed by atoms with Crippen LogP contribution in [0.15, 0.2) is 17.0 Å². The van der Waals surface area contributed by atoms with Crippen LogP contribution in [-0.2, 0) is 6.54 Å². The van der Waals surface area contributed by atoms with E-state index in [1.807, 2.05) is 6.20 Å². The molecule has 1 aromatic rings. The van der Waals surface area contributed by atoms with Crippen LogP contribution >= 0.6 is 0 Å². The maximum absolute atomic E-state index is 4.91. The van der Waals surface area contributed by atoms with Crippen molar-refractivity contribution in [2.24, 2.45) is 0 Å². The van der Waals surface area contributed by atoms with Gasteiger partial charge in [-0.05, 0) is 32.2 Å². The van der Waals surface area contributed by atoms with E-state index in [0.29, 0.717) is 6.04 Å². The van der Waals surface area contributed by atoms with E-state index in [1.54, 1.807) is 6.26 Å². The Kier molecular flexibility index (Phi) is 3.43. The van der Waals surface area contributed by atoms with Crippen molar-refractivity contribution in [2.75, 3.05) is 13.1 Å². The predicted molar refractivity (Wildman–Crippen MR) is 65.6 cm³/mol. The van der Waals surface area contributed by atoms with Crippen LogP contribution in [0, 0.1) is 0 Å². The zero-order chi connectivity index (χ0) is 11.5. The van der Waals surface area contributed by atoms with E-state index < -0.39 is 0 Å². The number of likely N-dealkylation sites (tertiary alicyclic amines) is 1. The van der Waals surface area contributed by atoms with Crippen molar-refractivity contribution in [3.63, 3.8) is 0 Å². The topological polar surface area (TPSA) is 41.3 Å². The number of hydrogen-bond donors (Lipinski definition) is 1. The zero-order valence-electron chi connectivity index (χ0n) is 10.3. The third-order valence-corrected chi connectivity index (χ3v) is 3.84. The van der Waals surface area contributed by atoms with Gasteiger partial charge in [-0.1, -0.05) is 11.6 Å². The average molecular weight is 235 g/mol. The van der Waals surface area contributed by atoms with Crippen LogP contribution in [-0.4, -0.2) is 35.2 Å². The number of nitrogens with one attached hydrogen (secondary N) is 1. The van der Waals surface area contributed by atoms with Crippen molar-refractivity contribution in [3.8, 4) is 0 Å². The molecule has 1 N–H and O–H groups in total. The summed E-state index contributed by atoms with van der Waals surface area (Å²) < 4.78 is 4.91. The van der Waals surface area contributed by atoms with Crippen molar-refractivity contribution in [2.45, 2.75) is 50.7 Å². The highest BCUT2D eigenvalue weighted by atomic mass is 16.5. The summed E-state index contributed by atoms with van der Waals surface area (Å²) in [6.45, 7) is 3.35. The molecule has 0 aromatic carbocycles. The predicted octanol–water partition coefficient (Wildman–Crippen LogP) is 1.78. The third-order valence-electron chi connectivity index (χ3n) is 3.84. The molecule has 1 unspecified atom stereocenters. The molecule has 0 bridgehead atoms. The molecule has 2 heterocycles. The fraction of sp³-hybridized carbons (Fsp3) is 0.769. The number of hydrogen-bond acceptors (Lipinski definition) is 4. The van der Waals surface area contributed by atoms with Gasteiger partial charge in [-0.15, -0.1) is 0 Å². The van der Waals surface area contributed by atoms with Gasteiger partial charge in [0.15, 0.2) is 0 Å². The first-order valence-electron chi connectivity index (χ1n) is 6.77. The van der Waals surface area contributed by atoms with Crippen LogP contribution in [0.5, 0.6) is 0 Å². The molecule has 1 aliphatic heterocycles. The number of nitrogens with zero attached hydrogens (tertiary/aromatic N) is 2. The van der Waals surface area contributed by atoms with Gasteiger partial charge in [0.1, 0.15) is 6.26 Å². The normalized spacial score (nSPS) is 26.2. The molecule has 94 valence electrons. The minimum absolute atomic E-state index is 0.694. The number of rotatable bonds is 5. The smallest absolute Gasteiger partial charge is 0.128 e. The fourth-order valence-corrected chi connectivity index (χ4v) is 2.63. The molecule has 2 fully saturated rings. The largest absolute Gasteiger partial charge is 0.364 e. The summed E-state index contributed by atoms with van der Waals surface area (Å²) in [5, 5.41) is 7.43. The van der Waals surface area contributed by atoms with Gasteiger partial charge >= 0.3 is 0 Å². The molecule has 1 saturated heterocycles. The highest BCUT2D eigenvalue weighted by molar-refractivity contribution is 5.01. The Morgan fingerprint density at radius 2 is 2.29 bits per heavy atom. The third kappa shape index (κ3) is 3.07. The second-order valence-electron chi connectivity index (χ2n) is 5.34. The van der Waals surface area contributed by atoms with E-state index in [9.17, 15) is 0 Å². The summed E-state index contributed by atoms with van der Waals surface area (Å²) in [6, 6.07) is 1.51. The molecule has 1 aromatic heterocycles. The van der Waals surface area contributed by atoms with Crippen molar-refractivity contribution >= 4 is 0 Å².